The first-order valence-corrected chi connectivity index (χ1v) is 9.20. The van der Waals surface area contributed by atoms with Crippen LogP contribution in [0.25, 0.3) is 6.08 Å². The van der Waals surface area contributed by atoms with Gasteiger partial charge in [-0.1, -0.05) is 30.8 Å². The Morgan fingerprint density at radius 1 is 1.00 bits per heavy atom. The molecule has 2 aromatic carbocycles. The summed E-state index contributed by atoms with van der Waals surface area (Å²) in [4.78, 5) is 19.1. The van der Waals surface area contributed by atoms with Crippen LogP contribution in [0.3, 0.4) is 0 Å². The van der Waals surface area contributed by atoms with Crippen molar-refractivity contribution >= 4 is 34.6 Å². The van der Waals surface area contributed by atoms with Crippen LogP contribution in [-0.4, -0.2) is 31.0 Å². The highest BCUT2D eigenvalue weighted by Crippen LogP contribution is 2.30. The predicted octanol–water partition coefficient (Wildman–Crippen LogP) is 4.20. The summed E-state index contributed by atoms with van der Waals surface area (Å²) in [7, 11) is 3.24. The van der Waals surface area contributed by atoms with Crippen LogP contribution in [0.4, 0.5) is 5.69 Å². The maximum absolute atomic E-state index is 12.9. The highest BCUT2D eigenvalue weighted by atomic mass is 32.2. The Kier molecular flexibility index (Phi) is 5.63. The third-order valence-electron chi connectivity index (χ3n) is 3.85. The summed E-state index contributed by atoms with van der Waals surface area (Å²) in [5.74, 6) is 2.21. The van der Waals surface area contributed by atoms with Gasteiger partial charge >= 0.3 is 0 Å². The van der Waals surface area contributed by atoms with E-state index in [1.54, 1.807) is 25.2 Å². The molecule has 1 heterocycles. The van der Waals surface area contributed by atoms with Gasteiger partial charge < -0.3 is 9.47 Å². The SMILES string of the molecule is CCSC1=N/C(=C\c2ccc(OC)cc2)C(=O)N1c1ccc(OC)cc1. The lowest BCUT2D eigenvalue weighted by Crippen LogP contribution is -2.30. The minimum absolute atomic E-state index is 0.137. The fraction of sp³-hybridized carbons (Fsp3) is 0.200. The lowest BCUT2D eigenvalue weighted by atomic mass is 10.2. The van der Waals surface area contributed by atoms with Crippen molar-refractivity contribution < 1.29 is 14.3 Å². The topological polar surface area (TPSA) is 51.1 Å². The van der Waals surface area contributed by atoms with Gasteiger partial charge in [-0.15, -0.1) is 0 Å². The van der Waals surface area contributed by atoms with Gasteiger partial charge in [0.25, 0.3) is 5.91 Å². The van der Waals surface area contributed by atoms with Gasteiger partial charge in [0.1, 0.15) is 17.2 Å². The molecule has 6 heteroatoms. The van der Waals surface area contributed by atoms with Crippen LogP contribution in [0.2, 0.25) is 0 Å². The number of amides is 1. The second-order valence-corrected chi connectivity index (χ2v) is 6.70. The van der Waals surface area contributed by atoms with Crippen molar-refractivity contribution in [1.29, 1.82) is 0 Å². The molecular formula is C20H20N2O3S. The smallest absolute Gasteiger partial charge is 0.283 e. The maximum atomic E-state index is 12.9. The lowest BCUT2D eigenvalue weighted by Gasteiger charge is -2.17. The molecule has 0 spiro atoms. The van der Waals surface area contributed by atoms with Crippen molar-refractivity contribution in [2.45, 2.75) is 6.92 Å². The number of hydrogen-bond acceptors (Lipinski definition) is 5. The molecule has 2 aromatic rings. The zero-order valence-electron chi connectivity index (χ0n) is 14.9. The van der Waals surface area contributed by atoms with Gasteiger partial charge in [0.15, 0.2) is 5.17 Å². The van der Waals surface area contributed by atoms with E-state index in [4.69, 9.17) is 9.47 Å². The minimum Gasteiger partial charge on any atom is -0.497 e. The van der Waals surface area contributed by atoms with Crippen molar-refractivity contribution in [3.8, 4) is 11.5 Å². The normalized spacial score (nSPS) is 15.3. The Hall–Kier alpha value is -2.73. The third kappa shape index (κ3) is 3.75. The number of rotatable bonds is 5. The van der Waals surface area contributed by atoms with Crippen molar-refractivity contribution in [2.24, 2.45) is 4.99 Å². The van der Waals surface area contributed by atoms with Crippen molar-refractivity contribution in [3.05, 3.63) is 59.8 Å². The zero-order chi connectivity index (χ0) is 18.5. The van der Waals surface area contributed by atoms with Crippen LogP contribution in [0.15, 0.2) is 59.2 Å². The number of benzene rings is 2. The molecule has 1 aliphatic heterocycles. The third-order valence-corrected chi connectivity index (χ3v) is 4.67. The van der Waals surface area contributed by atoms with E-state index in [9.17, 15) is 4.79 Å². The Morgan fingerprint density at radius 2 is 1.58 bits per heavy atom. The van der Waals surface area contributed by atoms with E-state index in [-0.39, 0.29) is 5.91 Å². The van der Waals surface area contributed by atoms with Gasteiger partial charge in [0.2, 0.25) is 0 Å². The van der Waals surface area contributed by atoms with Gasteiger partial charge in [0.05, 0.1) is 19.9 Å². The van der Waals surface area contributed by atoms with E-state index >= 15 is 0 Å². The monoisotopic (exact) mass is 368 g/mol. The number of nitrogens with zero attached hydrogens (tertiary/aromatic N) is 2. The number of carbonyl (C=O) groups is 1. The first-order chi connectivity index (χ1) is 12.7. The molecule has 0 fully saturated rings. The van der Waals surface area contributed by atoms with E-state index in [2.05, 4.69) is 4.99 Å². The number of anilines is 1. The van der Waals surface area contributed by atoms with E-state index in [0.717, 1.165) is 28.5 Å². The summed E-state index contributed by atoms with van der Waals surface area (Å²) in [5.41, 5.74) is 2.09. The first kappa shape index (κ1) is 18.1. The average Bonchev–Trinajstić information content (AvgIpc) is 2.98. The molecule has 5 nitrogen and oxygen atoms in total. The molecular weight excluding hydrogens is 348 g/mol. The number of carbonyl (C=O) groups excluding carboxylic acids is 1. The lowest BCUT2D eigenvalue weighted by molar-refractivity contribution is -0.113. The molecule has 0 aliphatic carbocycles. The molecule has 0 radical (unpaired) electrons. The quantitative estimate of drug-likeness (QED) is 0.742. The van der Waals surface area contributed by atoms with Crippen LogP contribution in [0, 0.1) is 0 Å². The molecule has 0 saturated carbocycles. The average molecular weight is 368 g/mol. The minimum atomic E-state index is -0.137. The molecule has 0 bridgehead atoms. The van der Waals surface area contributed by atoms with Crippen LogP contribution in [0.1, 0.15) is 12.5 Å². The Labute approximate surface area is 157 Å². The number of amidine groups is 1. The predicted molar refractivity (Wildman–Crippen MR) is 107 cm³/mol. The highest BCUT2D eigenvalue weighted by Gasteiger charge is 2.31. The molecule has 1 amide bonds. The fourth-order valence-electron chi connectivity index (χ4n) is 2.54. The molecule has 0 N–H and O–H groups in total. The Morgan fingerprint density at radius 3 is 2.12 bits per heavy atom. The summed E-state index contributed by atoms with van der Waals surface area (Å²) < 4.78 is 10.4. The Bertz CT molecular complexity index is 842. The summed E-state index contributed by atoms with van der Waals surface area (Å²) in [5, 5.41) is 0.683. The number of methoxy groups -OCH3 is 2. The zero-order valence-corrected chi connectivity index (χ0v) is 15.7. The van der Waals surface area contributed by atoms with Gasteiger partial charge in [-0.05, 0) is 53.8 Å². The molecule has 0 unspecified atom stereocenters. The standard InChI is InChI=1S/C20H20N2O3S/c1-4-26-20-21-18(13-14-5-9-16(24-2)10-6-14)19(23)22(20)15-7-11-17(25-3)12-8-15/h5-13H,4H2,1-3H3/b18-13-. The molecule has 3 rings (SSSR count). The first-order valence-electron chi connectivity index (χ1n) is 8.22. The van der Waals surface area contributed by atoms with Crippen LogP contribution in [0.5, 0.6) is 11.5 Å². The van der Waals surface area contributed by atoms with E-state index in [1.807, 2.05) is 55.5 Å². The van der Waals surface area contributed by atoms with Crippen molar-refractivity contribution in [3.63, 3.8) is 0 Å². The highest BCUT2D eigenvalue weighted by molar-refractivity contribution is 8.14. The molecule has 0 aromatic heterocycles. The molecule has 1 aliphatic rings. The van der Waals surface area contributed by atoms with Crippen molar-refractivity contribution in [2.75, 3.05) is 24.9 Å². The van der Waals surface area contributed by atoms with Gasteiger partial charge in [-0.2, -0.15) is 0 Å². The summed E-state index contributed by atoms with van der Waals surface area (Å²) in [6, 6.07) is 14.9. The maximum Gasteiger partial charge on any atom is 0.283 e. The molecule has 0 saturated heterocycles. The largest absolute Gasteiger partial charge is 0.497 e. The second-order valence-electron chi connectivity index (χ2n) is 5.47. The van der Waals surface area contributed by atoms with Gasteiger partial charge in [0, 0.05) is 0 Å². The van der Waals surface area contributed by atoms with Gasteiger partial charge in [-0.3, -0.25) is 9.69 Å². The second kappa shape index (κ2) is 8.10. The van der Waals surface area contributed by atoms with Crippen LogP contribution < -0.4 is 14.4 Å². The van der Waals surface area contributed by atoms with Gasteiger partial charge in [-0.25, -0.2) is 4.99 Å². The van der Waals surface area contributed by atoms with E-state index < -0.39 is 0 Å². The molecule has 26 heavy (non-hydrogen) atoms. The Balaban J connectivity index is 1.92. The number of thioether (sulfide) groups is 1. The number of hydrogen-bond donors (Lipinski definition) is 0. The number of aliphatic imine (C=N–C) groups is 1. The summed E-state index contributed by atoms with van der Waals surface area (Å²) in [6.07, 6.45) is 1.79. The van der Waals surface area contributed by atoms with Crippen molar-refractivity contribution in [1.82, 2.24) is 0 Å². The molecule has 0 atom stereocenters. The number of ether oxygens (including phenoxy) is 2. The fourth-order valence-corrected chi connectivity index (χ4v) is 3.28. The van der Waals surface area contributed by atoms with Crippen LogP contribution in [-0.2, 0) is 4.79 Å². The summed E-state index contributed by atoms with van der Waals surface area (Å²) >= 11 is 1.54. The molecule has 134 valence electrons. The van der Waals surface area contributed by atoms with E-state index in [0.29, 0.717) is 10.9 Å². The van der Waals surface area contributed by atoms with Crippen LogP contribution >= 0.6 is 11.8 Å². The van der Waals surface area contributed by atoms with E-state index in [1.165, 1.54) is 11.8 Å². The summed E-state index contributed by atoms with van der Waals surface area (Å²) in [6.45, 7) is 2.04.